The van der Waals surface area contributed by atoms with Crippen LogP contribution in [-0.4, -0.2) is 35.8 Å². The number of halogens is 1. The van der Waals surface area contributed by atoms with Crippen LogP contribution in [-0.2, 0) is 16.0 Å². The van der Waals surface area contributed by atoms with Gasteiger partial charge in [-0.2, -0.15) is 0 Å². The highest BCUT2D eigenvalue weighted by molar-refractivity contribution is 5.92. The second-order valence-corrected chi connectivity index (χ2v) is 7.40. The molecule has 1 aliphatic heterocycles. The lowest BCUT2D eigenvalue weighted by Gasteiger charge is -2.25. The highest BCUT2D eigenvalue weighted by Crippen LogP contribution is 2.24. The van der Waals surface area contributed by atoms with Gasteiger partial charge in [0.05, 0.1) is 0 Å². The van der Waals surface area contributed by atoms with Crippen LogP contribution in [0.3, 0.4) is 0 Å². The standard InChI is InChI=1S/C20H29N3O2.ClH/c21-17-5-3-4-16(14-17)20(25)22-18-9-6-15(7-10-18)8-11-19(24)23-12-1-2-13-23;/h6-7,9-10,16-17H,1-5,8,11-14,21H2,(H,22,25);1H. The Morgan fingerprint density at radius 2 is 1.77 bits per heavy atom. The first kappa shape index (κ1) is 20.7. The van der Waals surface area contributed by atoms with Gasteiger partial charge >= 0.3 is 0 Å². The van der Waals surface area contributed by atoms with E-state index in [0.717, 1.165) is 69.3 Å². The van der Waals surface area contributed by atoms with Gasteiger partial charge in [0.25, 0.3) is 0 Å². The molecule has 2 unspecified atom stereocenters. The van der Waals surface area contributed by atoms with Crippen LogP contribution in [0.25, 0.3) is 0 Å². The van der Waals surface area contributed by atoms with Crippen LogP contribution in [0.15, 0.2) is 24.3 Å². The fourth-order valence-electron chi connectivity index (χ4n) is 3.84. The fraction of sp³-hybridized carbons (Fsp3) is 0.600. The van der Waals surface area contributed by atoms with Crippen LogP contribution in [0.5, 0.6) is 0 Å². The zero-order chi connectivity index (χ0) is 17.6. The predicted molar refractivity (Wildman–Crippen MR) is 106 cm³/mol. The zero-order valence-corrected chi connectivity index (χ0v) is 16.1. The van der Waals surface area contributed by atoms with E-state index < -0.39 is 0 Å². The Labute approximate surface area is 162 Å². The van der Waals surface area contributed by atoms with Crippen LogP contribution >= 0.6 is 12.4 Å². The number of nitrogens with one attached hydrogen (secondary N) is 1. The monoisotopic (exact) mass is 379 g/mol. The lowest BCUT2D eigenvalue weighted by atomic mass is 9.85. The lowest BCUT2D eigenvalue weighted by Crippen LogP contribution is -2.34. The molecule has 6 heteroatoms. The predicted octanol–water partition coefficient (Wildman–Crippen LogP) is 3.12. The Kier molecular flexibility index (Phi) is 7.91. The number of benzene rings is 1. The van der Waals surface area contributed by atoms with Crippen LogP contribution in [0.1, 0.15) is 50.5 Å². The number of carbonyl (C=O) groups is 2. The number of carbonyl (C=O) groups excluding carboxylic acids is 2. The van der Waals surface area contributed by atoms with Gasteiger partial charge in [-0.05, 0) is 56.2 Å². The van der Waals surface area contributed by atoms with Gasteiger partial charge in [0.15, 0.2) is 0 Å². The molecule has 1 aromatic carbocycles. The van der Waals surface area contributed by atoms with Crippen molar-refractivity contribution in [3.63, 3.8) is 0 Å². The molecule has 5 nitrogen and oxygen atoms in total. The molecule has 3 rings (SSSR count). The summed E-state index contributed by atoms with van der Waals surface area (Å²) < 4.78 is 0. The van der Waals surface area contributed by atoms with Gasteiger partial charge in [0.1, 0.15) is 0 Å². The van der Waals surface area contributed by atoms with E-state index in [4.69, 9.17) is 5.73 Å². The molecule has 1 aliphatic carbocycles. The highest BCUT2D eigenvalue weighted by Gasteiger charge is 2.25. The Morgan fingerprint density at radius 3 is 2.42 bits per heavy atom. The van der Waals surface area contributed by atoms with Gasteiger partial charge in [-0.15, -0.1) is 12.4 Å². The fourth-order valence-corrected chi connectivity index (χ4v) is 3.84. The molecule has 1 heterocycles. The summed E-state index contributed by atoms with van der Waals surface area (Å²) in [5.74, 6) is 0.358. The van der Waals surface area contributed by atoms with Crippen LogP contribution in [0, 0.1) is 5.92 Å². The van der Waals surface area contributed by atoms with Crippen LogP contribution in [0.4, 0.5) is 5.69 Å². The molecule has 2 amide bonds. The number of hydrogen-bond donors (Lipinski definition) is 2. The van der Waals surface area contributed by atoms with E-state index in [0.29, 0.717) is 6.42 Å². The van der Waals surface area contributed by atoms with Crippen molar-refractivity contribution in [2.24, 2.45) is 11.7 Å². The summed E-state index contributed by atoms with van der Waals surface area (Å²) in [6.45, 7) is 1.82. The van der Waals surface area contributed by atoms with Crippen LogP contribution in [0.2, 0.25) is 0 Å². The van der Waals surface area contributed by atoms with Crippen molar-refractivity contribution >= 4 is 29.9 Å². The molecule has 2 fully saturated rings. The number of nitrogens with two attached hydrogens (primary N) is 1. The van der Waals surface area contributed by atoms with E-state index in [2.05, 4.69) is 5.32 Å². The lowest BCUT2D eigenvalue weighted by molar-refractivity contribution is -0.130. The summed E-state index contributed by atoms with van der Waals surface area (Å²) in [6, 6.07) is 8.01. The first-order valence-electron chi connectivity index (χ1n) is 9.55. The molecule has 3 N–H and O–H groups in total. The zero-order valence-electron chi connectivity index (χ0n) is 15.3. The van der Waals surface area contributed by atoms with E-state index in [-0.39, 0.29) is 36.2 Å². The Hall–Kier alpha value is -1.59. The minimum atomic E-state index is 0. The summed E-state index contributed by atoms with van der Waals surface area (Å²) in [7, 11) is 0. The number of hydrogen-bond acceptors (Lipinski definition) is 3. The Bertz CT molecular complexity index is 600. The van der Waals surface area contributed by atoms with Gasteiger partial charge in [-0.1, -0.05) is 18.6 Å². The van der Waals surface area contributed by atoms with Crippen molar-refractivity contribution in [2.75, 3.05) is 18.4 Å². The van der Waals surface area contributed by atoms with Crippen LogP contribution < -0.4 is 11.1 Å². The smallest absolute Gasteiger partial charge is 0.227 e. The molecule has 26 heavy (non-hydrogen) atoms. The normalized spacial score (nSPS) is 22.6. The molecule has 1 saturated carbocycles. The van der Waals surface area contributed by atoms with Gasteiger partial charge < -0.3 is 16.0 Å². The first-order chi connectivity index (χ1) is 12.1. The maximum Gasteiger partial charge on any atom is 0.227 e. The number of aryl methyl sites for hydroxylation is 1. The number of anilines is 1. The number of rotatable bonds is 5. The summed E-state index contributed by atoms with van der Waals surface area (Å²) in [5.41, 5.74) is 7.92. The van der Waals surface area contributed by atoms with Crippen molar-refractivity contribution in [1.82, 2.24) is 4.90 Å². The number of likely N-dealkylation sites (tertiary alicyclic amines) is 1. The second kappa shape index (κ2) is 9.93. The SMILES string of the molecule is Cl.NC1CCCC(C(=O)Nc2ccc(CCC(=O)N3CCCC3)cc2)C1. The third kappa shape index (κ3) is 5.71. The molecular weight excluding hydrogens is 350 g/mol. The van der Waals surface area contributed by atoms with Crippen molar-refractivity contribution in [3.05, 3.63) is 29.8 Å². The summed E-state index contributed by atoms with van der Waals surface area (Å²) in [5, 5.41) is 3.00. The van der Waals surface area contributed by atoms with E-state index in [9.17, 15) is 9.59 Å². The maximum absolute atomic E-state index is 12.3. The summed E-state index contributed by atoms with van der Waals surface area (Å²) in [6.07, 6.45) is 7.33. The van der Waals surface area contributed by atoms with Gasteiger partial charge in [-0.25, -0.2) is 0 Å². The highest BCUT2D eigenvalue weighted by atomic mass is 35.5. The average Bonchev–Trinajstić information content (AvgIpc) is 3.15. The minimum absolute atomic E-state index is 0. The maximum atomic E-state index is 12.3. The van der Waals surface area contributed by atoms with E-state index >= 15 is 0 Å². The molecule has 0 spiro atoms. The second-order valence-electron chi connectivity index (χ2n) is 7.40. The van der Waals surface area contributed by atoms with E-state index in [1.165, 1.54) is 0 Å². The first-order valence-corrected chi connectivity index (χ1v) is 9.55. The van der Waals surface area contributed by atoms with E-state index in [1.807, 2.05) is 29.2 Å². The van der Waals surface area contributed by atoms with Crippen molar-refractivity contribution in [3.8, 4) is 0 Å². The number of amides is 2. The van der Waals surface area contributed by atoms with Crippen molar-refractivity contribution in [2.45, 2.75) is 57.4 Å². The van der Waals surface area contributed by atoms with E-state index in [1.54, 1.807) is 0 Å². The Balaban J connectivity index is 0.00000243. The van der Waals surface area contributed by atoms with Gasteiger partial charge in [-0.3, -0.25) is 9.59 Å². The van der Waals surface area contributed by atoms with Gasteiger partial charge in [0.2, 0.25) is 11.8 Å². The minimum Gasteiger partial charge on any atom is -0.343 e. The number of nitrogens with zero attached hydrogens (tertiary/aromatic N) is 1. The molecule has 0 bridgehead atoms. The summed E-state index contributed by atoms with van der Waals surface area (Å²) >= 11 is 0. The molecule has 144 valence electrons. The Morgan fingerprint density at radius 1 is 1.08 bits per heavy atom. The average molecular weight is 380 g/mol. The quantitative estimate of drug-likeness (QED) is 0.825. The third-order valence-electron chi connectivity index (χ3n) is 5.39. The topological polar surface area (TPSA) is 75.4 Å². The molecule has 0 aromatic heterocycles. The molecular formula is C20H30ClN3O2. The molecule has 1 aromatic rings. The van der Waals surface area contributed by atoms with Crippen molar-refractivity contribution in [1.29, 1.82) is 0 Å². The molecule has 2 aliphatic rings. The largest absolute Gasteiger partial charge is 0.343 e. The third-order valence-corrected chi connectivity index (χ3v) is 5.39. The molecule has 0 radical (unpaired) electrons. The molecule has 2 atom stereocenters. The van der Waals surface area contributed by atoms with Crippen molar-refractivity contribution < 1.29 is 9.59 Å². The molecule has 1 saturated heterocycles. The van der Waals surface area contributed by atoms with Gasteiger partial charge in [0, 0.05) is 37.2 Å². The summed E-state index contributed by atoms with van der Waals surface area (Å²) in [4.78, 5) is 26.4.